The van der Waals surface area contributed by atoms with E-state index in [1.807, 2.05) is 0 Å². The molecule has 0 radical (unpaired) electrons. The Bertz CT molecular complexity index is 290. The van der Waals surface area contributed by atoms with Gasteiger partial charge in [0.15, 0.2) is 0 Å². The van der Waals surface area contributed by atoms with Crippen molar-refractivity contribution in [2.45, 2.75) is 31.7 Å². The Balaban J connectivity index is 1.88. The Kier molecular flexibility index (Phi) is 3.44. The lowest BCUT2D eigenvalue weighted by Crippen LogP contribution is -2.10. The third-order valence-electron chi connectivity index (χ3n) is 2.88. The summed E-state index contributed by atoms with van der Waals surface area (Å²) in [5, 5.41) is 0. The highest BCUT2D eigenvalue weighted by Gasteiger charge is 2.21. The minimum absolute atomic E-state index is 0.243. The van der Waals surface area contributed by atoms with Crippen LogP contribution in [0.25, 0.3) is 0 Å². The molecule has 1 nitrogen and oxygen atoms in total. The van der Waals surface area contributed by atoms with Crippen LogP contribution in [0.3, 0.4) is 0 Å². The molecule has 1 aromatic rings. The third-order valence-corrected chi connectivity index (χ3v) is 3.60. The van der Waals surface area contributed by atoms with Crippen molar-refractivity contribution in [2.75, 3.05) is 0 Å². The lowest BCUT2D eigenvalue weighted by atomic mass is 10.0. The molecule has 1 aliphatic rings. The van der Waals surface area contributed by atoms with E-state index >= 15 is 0 Å². The van der Waals surface area contributed by atoms with Crippen LogP contribution in [0.5, 0.6) is 0 Å². The molecule has 2 heteroatoms. The van der Waals surface area contributed by atoms with Crippen LogP contribution < -0.4 is 5.73 Å². The van der Waals surface area contributed by atoms with Crippen molar-refractivity contribution in [1.82, 2.24) is 0 Å². The fourth-order valence-corrected chi connectivity index (χ4v) is 2.06. The maximum atomic E-state index is 6.12. The van der Waals surface area contributed by atoms with E-state index in [0.717, 1.165) is 12.3 Å². The molecule has 1 unspecified atom stereocenters. The quantitative estimate of drug-likeness (QED) is 0.847. The van der Waals surface area contributed by atoms with Gasteiger partial charge < -0.3 is 5.73 Å². The summed E-state index contributed by atoms with van der Waals surface area (Å²) in [5.41, 5.74) is 7.40. The average molecular weight is 301 g/mol. The Labute approximate surface area is 99.2 Å². The first kappa shape index (κ1) is 10.4. The highest BCUT2D eigenvalue weighted by atomic mass is 127. The zero-order valence-electron chi connectivity index (χ0n) is 8.25. The minimum Gasteiger partial charge on any atom is -0.324 e. The van der Waals surface area contributed by atoms with E-state index in [2.05, 4.69) is 46.9 Å². The van der Waals surface area contributed by atoms with Gasteiger partial charge in [0.2, 0.25) is 0 Å². The van der Waals surface area contributed by atoms with Crippen LogP contribution in [-0.2, 0) is 0 Å². The number of hydrogen-bond acceptors (Lipinski definition) is 1. The summed E-state index contributed by atoms with van der Waals surface area (Å²) in [5.74, 6) is 0.991. The fourth-order valence-electron chi connectivity index (χ4n) is 1.70. The molecule has 0 aromatic heterocycles. The lowest BCUT2D eigenvalue weighted by molar-refractivity contribution is 0.575. The molecule has 1 aromatic carbocycles. The van der Waals surface area contributed by atoms with E-state index in [-0.39, 0.29) is 6.04 Å². The van der Waals surface area contributed by atoms with Gasteiger partial charge in [-0.3, -0.25) is 0 Å². The van der Waals surface area contributed by atoms with Gasteiger partial charge in [-0.2, -0.15) is 0 Å². The predicted molar refractivity (Wildman–Crippen MR) is 68.0 cm³/mol. The zero-order valence-corrected chi connectivity index (χ0v) is 10.4. The molecule has 0 saturated heterocycles. The van der Waals surface area contributed by atoms with Gasteiger partial charge in [-0.25, -0.2) is 0 Å². The van der Waals surface area contributed by atoms with Crippen LogP contribution in [0.2, 0.25) is 0 Å². The molecule has 0 heterocycles. The van der Waals surface area contributed by atoms with Crippen LogP contribution in [-0.4, -0.2) is 0 Å². The molecule has 0 spiro atoms. The molecule has 0 aliphatic heterocycles. The summed E-state index contributed by atoms with van der Waals surface area (Å²) in [6.45, 7) is 0. The molecule has 76 valence electrons. The Morgan fingerprint density at radius 1 is 1.29 bits per heavy atom. The first-order valence-corrected chi connectivity index (χ1v) is 6.34. The molecule has 1 atom stereocenters. The number of hydrogen-bond donors (Lipinski definition) is 1. The fraction of sp³-hybridized carbons (Fsp3) is 0.500. The van der Waals surface area contributed by atoms with Gasteiger partial charge in [0.05, 0.1) is 0 Å². The van der Waals surface area contributed by atoms with Crippen molar-refractivity contribution in [1.29, 1.82) is 0 Å². The number of nitrogens with two attached hydrogens (primary N) is 1. The van der Waals surface area contributed by atoms with Gasteiger partial charge in [-0.05, 0) is 59.0 Å². The van der Waals surface area contributed by atoms with Gasteiger partial charge >= 0.3 is 0 Å². The molecule has 1 saturated carbocycles. The summed E-state index contributed by atoms with van der Waals surface area (Å²) in [6, 6.07) is 8.81. The first-order valence-electron chi connectivity index (χ1n) is 5.27. The summed E-state index contributed by atoms with van der Waals surface area (Å²) in [7, 11) is 0. The lowest BCUT2D eigenvalue weighted by Gasteiger charge is -2.11. The Morgan fingerprint density at radius 3 is 2.50 bits per heavy atom. The summed E-state index contributed by atoms with van der Waals surface area (Å²) >= 11 is 2.32. The SMILES string of the molecule is NC(CCC1CC1)c1ccc(I)cc1. The van der Waals surface area contributed by atoms with Crippen molar-refractivity contribution >= 4 is 22.6 Å². The van der Waals surface area contributed by atoms with Crippen molar-refractivity contribution in [2.24, 2.45) is 11.7 Å². The monoisotopic (exact) mass is 301 g/mol. The molecule has 1 fully saturated rings. The number of benzene rings is 1. The molecule has 0 amide bonds. The molecular formula is C12H16IN. The second-order valence-electron chi connectivity index (χ2n) is 4.18. The van der Waals surface area contributed by atoms with Gasteiger partial charge in [0.1, 0.15) is 0 Å². The first-order chi connectivity index (χ1) is 6.75. The van der Waals surface area contributed by atoms with Crippen LogP contribution in [0.1, 0.15) is 37.3 Å². The second kappa shape index (κ2) is 4.62. The van der Waals surface area contributed by atoms with Gasteiger partial charge in [-0.15, -0.1) is 0 Å². The number of rotatable bonds is 4. The van der Waals surface area contributed by atoms with Crippen LogP contribution in [0.15, 0.2) is 24.3 Å². The van der Waals surface area contributed by atoms with E-state index in [9.17, 15) is 0 Å². The standard InChI is InChI=1S/C12H16IN/c13-11-6-4-10(5-7-11)12(14)8-3-9-1-2-9/h4-7,9,12H,1-3,8,14H2. The molecule has 2 N–H and O–H groups in total. The molecular weight excluding hydrogens is 285 g/mol. The van der Waals surface area contributed by atoms with Crippen LogP contribution >= 0.6 is 22.6 Å². The second-order valence-corrected chi connectivity index (χ2v) is 5.42. The predicted octanol–water partition coefficient (Wildman–Crippen LogP) is 3.48. The Hall–Kier alpha value is -0.0900. The molecule has 0 bridgehead atoms. The minimum atomic E-state index is 0.243. The van der Waals surface area contributed by atoms with E-state index < -0.39 is 0 Å². The molecule has 1 aliphatic carbocycles. The average Bonchev–Trinajstić information content (AvgIpc) is 2.99. The molecule has 14 heavy (non-hydrogen) atoms. The maximum absolute atomic E-state index is 6.12. The van der Waals surface area contributed by atoms with Gasteiger partial charge in [0.25, 0.3) is 0 Å². The van der Waals surface area contributed by atoms with Gasteiger partial charge in [0, 0.05) is 9.61 Å². The third kappa shape index (κ3) is 2.95. The number of halogens is 1. The van der Waals surface area contributed by atoms with Gasteiger partial charge in [-0.1, -0.05) is 25.0 Å². The highest BCUT2D eigenvalue weighted by Crippen LogP contribution is 2.35. The normalized spacial score (nSPS) is 18.1. The van der Waals surface area contributed by atoms with Crippen molar-refractivity contribution < 1.29 is 0 Å². The Morgan fingerprint density at radius 2 is 1.93 bits per heavy atom. The van der Waals surface area contributed by atoms with E-state index in [4.69, 9.17) is 5.73 Å². The van der Waals surface area contributed by atoms with Crippen molar-refractivity contribution in [3.8, 4) is 0 Å². The smallest absolute Gasteiger partial charge is 0.0294 e. The van der Waals surface area contributed by atoms with Crippen molar-refractivity contribution in [3.63, 3.8) is 0 Å². The maximum Gasteiger partial charge on any atom is 0.0294 e. The largest absolute Gasteiger partial charge is 0.324 e. The van der Waals surface area contributed by atoms with Crippen molar-refractivity contribution in [3.05, 3.63) is 33.4 Å². The topological polar surface area (TPSA) is 26.0 Å². The molecule has 2 rings (SSSR count). The zero-order chi connectivity index (χ0) is 9.97. The van der Waals surface area contributed by atoms with Crippen LogP contribution in [0, 0.1) is 9.49 Å². The summed E-state index contributed by atoms with van der Waals surface area (Å²) in [6.07, 6.45) is 5.32. The summed E-state index contributed by atoms with van der Waals surface area (Å²) < 4.78 is 1.28. The highest BCUT2D eigenvalue weighted by molar-refractivity contribution is 14.1. The van der Waals surface area contributed by atoms with E-state index in [1.54, 1.807) is 0 Å². The van der Waals surface area contributed by atoms with E-state index in [1.165, 1.54) is 28.4 Å². The van der Waals surface area contributed by atoms with E-state index in [0.29, 0.717) is 0 Å². The summed E-state index contributed by atoms with van der Waals surface area (Å²) in [4.78, 5) is 0. The van der Waals surface area contributed by atoms with Crippen LogP contribution in [0.4, 0.5) is 0 Å².